The Labute approximate surface area is 327 Å². The SMILES string of the molecule is COc1ccc(C[C@H]2C(=O)N[C@@H](C)C(=O)N(C)[C@H]3Cc4ccc(cc4)Nc4cc(ccc4OC)C[C@@H](C(=O)N[C@H](C)C(=O)N[C@@H](C)C(=O)N2C)N(C)C3=O)cc1. The van der Waals surface area contributed by atoms with Crippen molar-refractivity contribution in [1.29, 1.82) is 0 Å². The Morgan fingerprint density at radius 3 is 1.77 bits per heavy atom. The number of likely N-dealkylation sites (N-methyl/N-ethyl adjacent to an activating group) is 3. The largest absolute Gasteiger partial charge is 0.497 e. The Kier molecular flexibility index (Phi) is 12.9. The van der Waals surface area contributed by atoms with Gasteiger partial charge in [0.05, 0.1) is 19.9 Å². The Balaban J connectivity index is 1.57. The van der Waals surface area contributed by atoms with Gasteiger partial charge in [-0.3, -0.25) is 28.8 Å². The fourth-order valence-corrected chi connectivity index (χ4v) is 6.95. The van der Waals surface area contributed by atoms with Crippen LogP contribution in [0, 0.1) is 0 Å². The van der Waals surface area contributed by atoms with Crippen molar-refractivity contribution < 1.29 is 38.2 Å². The van der Waals surface area contributed by atoms with Crippen molar-refractivity contribution in [3.05, 3.63) is 83.4 Å². The van der Waals surface area contributed by atoms with Gasteiger partial charge in [-0.1, -0.05) is 30.3 Å². The summed E-state index contributed by atoms with van der Waals surface area (Å²) in [6.45, 7) is 4.48. The number of methoxy groups -OCH3 is 2. The van der Waals surface area contributed by atoms with Gasteiger partial charge in [-0.15, -0.1) is 0 Å². The van der Waals surface area contributed by atoms with Gasteiger partial charge < -0.3 is 45.4 Å². The van der Waals surface area contributed by atoms with Crippen LogP contribution in [0.25, 0.3) is 0 Å². The van der Waals surface area contributed by atoms with Gasteiger partial charge in [0.1, 0.15) is 47.8 Å². The highest BCUT2D eigenvalue weighted by Crippen LogP contribution is 2.30. The van der Waals surface area contributed by atoms with Gasteiger partial charge >= 0.3 is 0 Å². The molecular formula is C41H51N7O8. The molecule has 0 radical (unpaired) electrons. The molecule has 3 aliphatic heterocycles. The van der Waals surface area contributed by atoms with Crippen molar-refractivity contribution in [2.45, 2.75) is 76.3 Å². The summed E-state index contributed by atoms with van der Waals surface area (Å²) < 4.78 is 10.9. The first-order chi connectivity index (χ1) is 26.6. The van der Waals surface area contributed by atoms with Gasteiger partial charge in [0.25, 0.3) is 0 Å². The van der Waals surface area contributed by atoms with Gasteiger partial charge in [0, 0.05) is 46.1 Å². The highest BCUT2D eigenvalue weighted by molar-refractivity contribution is 5.98. The molecule has 6 atom stereocenters. The van der Waals surface area contributed by atoms with E-state index in [4.69, 9.17) is 9.47 Å². The number of hydrogen-bond acceptors (Lipinski definition) is 9. The van der Waals surface area contributed by atoms with Crippen LogP contribution in [0.1, 0.15) is 37.5 Å². The number of benzene rings is 3. The molecule has 6 bridgehead atoms. The number of nitrogens with one attached hydrogen (secondary N) is 4. The minimum atomic E-state index is -1.13. The van der Waals surface area contributed by atoms with Crippen LogP contribution in [0.5, 0.6) is 11.5 Å². The lowest BCUT2D eigenvalue weighted by Crippen LogP contribution is -2.61. The van der Waals surface area contributed by atoms with Crippen LogP contribution in [0.3, 0.4) is 0 Å². The summed E-state index contributed by atoms with van der Waals surface area (Å²) in [5.41, 5.74) is 3.53. The molecule has 0 aromatic heterocycles. The first-order valence-corrected chi connectivity index (χ1v) is 18.5. The second-order valence-electron chi connectivity index (χ2n) is 14.4. The molecule has 298 valence electrons. The molecule has 0 unspecified atom stereocenters. The molecule has 3 aromatic rings. The molecule has 4 N–H and O–H groups in total. The summed E-state index contributed by atoms with van der Waals surface area (Å²) in [6, 6.07) is 13.1. The van der Waals surface area contributed by atoms with E-state index in [0.717, 1.165) is 11.3 Å². The van der Waals surface area contributed by atoms with E-state index in [1.165, 1.54) is 63.7 Å². The van der Waals surface area contributed by atoms with Crippen LogP contribution >= 0.6 is 0 Å². The van der Waals surface area contributed by atoms with Gasteiger partial charge in [-0.25, -0.2) is 0 Å². The molecule has 56 heavy (non-hydrogen) atoms. The highest BCUT2D eigenvalue weighted by atomic mass is 16.5. The number of fused-ring (bicyclic) bond motifs is 2. The number of amides is 6. The predicted molar refractivity (Wildman–Crippen MR) is 209 cm³/mol. The van der Waals surface area contributed by atoms with E-state index in [1.807, 2.05) is 30.3 Å². The second-order valence-corrected chi connectivity index (χ2v) is 14.4. The lowest BCUT2D eigenvalue weighted by molar-refractivity contribution is -0.149. The lowest BCUT2D eigenvalue weighted by Gasteiger charge is -2.36. The standard InChI is InChI=1S/C41H51N7O8/c1-23-36(49)43-24(2)39(52)46(4)32(20-27-11-16-30(55-7)17-12-27)38(51)44-25(3)40(53)48(6)34-21-26-9-14-29(15-10-26)45-31-19-28(13-18-35(31)56-8)22-33(37(50)42-23)47(5)41(34)54/h9-19,23-25,32-34,45H,20-22H2,1-8H3,(H,42,50)(H,43,49)(H,44,51)/t23-,24+,25+,32+,33+,34+/m1/s1. The van der Waals surface area contributed by atoms with E-state index >= 15 is 0 Å². The first-order valence-electron chi connectivity index (χ1n) is 18.5. The van der Waals surface area contributed by atoms with Gasteiger partial charge in [0.15, 0.2) is 0 Å². The Morgan fingerprint density at radius 1 is 0.589 bits per heavy atom. The quantitative estimate of drug-likeness (QED) is 0.308. The Morgan fingerprint density at radius 2 is 1.14 bits per heavy atom. The monoisotopic (exact) mass is 769 g/mol. The average molecular weight is 770 g/mol. The molecule has 15 nitrogen and oxygen atoms in total. The van der Waals surface area contributed by atoms with E-state index in [0.29, 0.717) is 28.3 Å². The summed E-state index contributed by atoms with van der Waals surface area (Å²) in [4.78, 5) is 88.3. The number of ether oxygens (including phenoxy) is 2. The smallest absolute Gasteiger partial charge is 0.246 e. The zero-order valence-corrected chi connectivity index (χ0v) is 33.0. The van der Waals surface area contributed by atoms with Gasteiger partial charge in [-0.05, 0) is 73.9 Å². The predicted octanol–water partition coefficient (Wildman–Crippen LogP) is 1.80. The number of nitrogens with zero attached hydrogens (tertiary/aromatic N) is 3. The maximum Gasteiger partial charge on any atom is 0.246 e. The summed E-state index contributed by atoms with van der Waals surface area (Å²) in [5.74, 6) is -2.34. The molecule has 1 saturated heterocycles. The zero-order valence-electron chi connectivity index (χ0n) is 33.0. The van der Waals surface area contributed by atoms with Crippen LogP contribution in [-0.2, 0) is 48.0 Å². The zero-order chi connectivity index (χ0) is 40.8. The molecule has 6 amide bonds. The van der Waals surface area contributed by atoms with Gasteiger partial charge in [-0.2, -0.15) is 0 Å². The van der Waals surface area contributed by atoms with E-state index in [2.05, 4.69) is 21.3 Å². The van der Waals surface area contributed by atoms with Crippen LogP contribution in [0.15, 0.2) is 66.7 Å². The summed E-state index contributed by atoms with van der Waals surface area (Å²) in [5, 5.41) is 11.5. The molecule has 3 heterocycles. The van der Waals surface area contributed by atoms with Crippen molar-refractivity contribution in [2.75, 3.05) is 40.7 Å². The Hall–Kier alpha value is -6.12. The second kappa shape index (κ2) is 17.6. The molecule has 0 aliphatic carbocycles. The minimum absolute atomic E-state index is 0.0464. The molecule has 3 aliphatic rings. The maximum atomic E-state index is 14.7. The third-order valence-electron chi connectivity index (χ3n) is 10.5. The van der Waals surface area contributed by atoms with Crippen molar-refractivity contribution in [1.82, 2.24) is 30.7 Å². The van der Waals surface area contributed by atoms with Crippen LogP contribution in [0.2, 0.25) is 0 Å². The summed E-state index contributed by atoms with van der Waals surface area (Å²) >= 11 is 0. The molecule has 15 heteroatoms. The van der Waals surface area contributed by atoms with Crippen molar-refractivity contribution in [3.8, 4) is 11.5 Å². The van der Waals surface area contributed by atoms with Crippen molar-refractivity contribution in [2.24, 2.45) is 0 Å². The fraction of sp³-hybridized carbons (Fsp3) is 0.415. The van der Waals surface area contributed by atoms with Gasteiger partial charge in [0.2, 0.25) is 35.4 Å². The van der Waals surface area contributed by atoms with Crippen LogP contribution in [-0.4, -0.2) is 122 Å². The first kappa shape index (κ1) is 41.1. The average Bonchev–Trinajstić information content (AvgIpc) is 3.19. The number of hydrogen-bond donors (Lipinski definition) is 4. The lowest BCUT2D eigenvalue weighted by atomic mass is 9.98. The van der Waals surface area contributed by atoms with Crippen molar-refractivity contribution in [3.63, 3.8) is 0 Å². The minimum Gasteiger partial charge on any atom is -0.497 e. The van der Waals surface area contributed by atoms with Crippen molar-refractivity contribution >= 4 is 46.8 Å². The fourth-order valence-electron chi connectivity index (χ4n) is 6.95. The van der Waals surface area contributed by atoms with Crippen LogP contribution < -0.4 is 30.7 Å². The highest BCUT2D eigenvalue weighted by Gasteiger charge is 2.39. The molecule has 1 fully saturated rings. The Bertz CT molecular complexity index is 1950. The molecule has 0 spiro atoms. The number of carbonyl (C=O) groups excluding carboxylic acids is 6. The molecule has 3 aromatic carbocycles. The number of anilines is 2. The summed E-state index contributed by atoms with van der Waals surface area (Å²) in [6.07, 6.45) is 0.212. The molecule has 0 saturated carbocycles. The molecular weight excluding hydrogens is 718 g/mol. The molecule has 6 rings (SSSR count). The third-order valence-corrected chi connectivity index (χ3v) is 10.5. The summed E-state index contributed by atoms with van der Waals surface area (Å²) in [7, 11) is 7.52. The van der Waals surface area contributed by atoms with E-state index in [9.17, 15) is 28.8 Å². The number of rotatable bonds is 4. The van der Waals surface area contributed by atoms with E-state index < -0.39 is 71.7 Å². The van der Waals surface area contributed by atoms with E-state index in [1.54, 1.807) is 43.5 Å². The third kappa shape index (κ3) is 9.21. The maximum absolute atomic E-state index is 14.7. The topological polar surface area (TPSA) is 179 Å². The normalized spacial score (nSPS) is 24.3. The number of carbonyl (C=O) groups is 6. The van der Waals surface area contributed by atoms with Crippen LogP contribution in [0.4, 0.5) is 11.4 Å². The van der Waals surface area contributed by atoms with E-state index in [-0.39, 0.29) is 19.3 Å².